The number of hydrogen-bond acceptors (Lipinski definition) is 4. The fraction of sp³-hybridized carbons (Fsp3) is 0.364. The first kappa shape index (κ1) is 23.2. The Hall–Kier alpha value is -2.13. The number of methoxy groups -OCH3 is 1. The van der Waals surface area contributed by atoms with Crippen molar-refractivity contribution in [3.05, 3.63) is 71.3 Å². The zero-order chi connectivity index (χ0) is 19.8. The Labute approximate surface area is 190 Å². The van der Waals surface area contributed by atoms with Crippen LogP contribution in [0.2, 0.25) is 0 Å². The molecule has 1 fully saturated rings. The van der Waals surface area contributed by atoms with Crippen LogP contribution < -0.4 is 5.32 Å². The predicted molar refractivity (Wildman–Crippen MR) is 127 cm³/mol. The lowest BCUT2D eigenvalue weighted by atomic mass is 10.1. The first-order valence-corrected chi connectivity index (χ1v) is 9.58. The molecule has 1 N–H and O–H groups in total. The highest BCUT2D eigenvalue weighted by molar-refractivity contribution is 14.0. The van der Waals surface area contributed by atoms with E-state index in [1.165, 1.54) is 12.7 Å². The third-order valence-corrected chi connectivity index (χ3v) is 4.96. The topological polar surface area (TPSA) is 57.2 Å². The summed E-state index contributed by atoms with van der Waals surface area (Å²) in [5.41, 5.74) is 3.01. The number of rotatable bonds is 5. The van der Waals surface area contributed by atoms with Gasteiger partial charge in [0.15, 0.2) is 5.96 Å². The smallest absolute Gasteiger partial charge is 0.337 e. The molecule has 0 aromatic heterocycles. The molecule has 0 amide bonds. The molecule has 0 atom stereocenters. The van der Waals surface area contributed by atoms with Crippen LogP contribution in [0, 0.1) is 0 Å². The molecule has 1 aliphatic heterocycles. The van der Waals surface area contributed by atoms with E-state index in [0.717, 1.165) is 44.2 Å². The van der Waals surface area contributed by atoms with Crippen LogP contribution in [0.3, 0.4) is 0 Å². The van der Waals surface area contributed by atoms with Crippen LogP contribution in [0.5, 0.6) is 0 Å². The lowest BCUT2D eigenvalue weighted by Crippen LogP contribution is -2.52. The summed E-state index contributed by atoms with van der Waals surface area (Å²) in [6.07, 6.45) is 0. The number of nitrogens with one attached hydrogen (secondary N) is 1. The van der Waals surface area contributed by atoms with E-state index in [1.807, 2.05) is 19.2 Å². The van der Waals surface area contributed by atoms with Gasteiger partial charge >= 0.3 is 5.97 Å². The molecule has 1 heterocycles. The number of halogens is 1. The molecule has 156 valence electrons. The number of hydrogen-bond donors (Lipinski definition) is 1. The Bertz CT molecular complexity index is 788. The van der Waals surface area contributed by atoms with Gasteiger partial charge in [-0.1, -0.05) is 42.5 Å². The first-order valence-electron chi connectivity index (χ1n) is 9.58. The second-order valence-corrected chi connectivity index (χ2v) is 6.84. The van der Waals surface area contributed by atoms with E-state index in [-0.39, 0.29) is 29.9 Å². The monoisotopic (exact) mass is 508 g/mol. The number of piperazine rings is 1. The van der Waals surface area contributed by atoms with Gasteiger partial charge in [0.25, 0.3) is 0 Å². The number of nitrogens with zero attached hydrogens (tertiary/aromatic N) is 3. The van der Waals surface area contributed by atoms with Crippen LogP contribution in [-0.2, 0) is 17.8 Å². The van der Waals surface area contributed by atoms with Crippen LogP contribution in [0.1, 0.15) is 21.5 Å². The van der Waals surface area contributed by atoms with Crippen LogP contribution in [0.25, 0.3) is 0 Å². The Morgan fingerprint density at radius 1 is 1.00 bits per heavy atom. The van der Waals surface area contributed by atoms with Gasteiger partial charge in [0.05, 0.1) is 12.7 Å². The second kappa shape index (κ2) is 11.8. The number of esters is 1. The number of guanidine groups is 1. The lowest BCUT2D eigenvalue weighted by molar-refractivity contribution is 0.0600. The zero-order valence-electron chi connectivity index (χ0n) is 17.0. The molecule has 0 unspecified atom stereocenters. The Balaban J connectivity index is 0.00000300. The van der Waals surface area contributed by atoms with E-state index in [0.29, 0.717) is 12.1 Å². The molecule has 6 nitrogen and oxygen atoms in total. The number of aliphatic imine (C=N–C) groups is 1. The van der Waals surface area contributed by atoms with Crippen molar-refractivity contribution < 1.29 is 9.53 Å². The number of benzene rings is 2. The molecule has 1 saturated heterocycles. The number of carbonyl (C=O) groups is 1. The summed E-state index contributed by atoms with van der Waals surface area (Å²) in [6, 6.07) is 18.0. The molecule has 2 aromatic carbocycles. The fourth-order valence-electron chi connectivity index (χ4n) is 3.35. The predicted octanol–water partition coefficient (Wildman–Crippen LogP) is 2.98. The van der Waals surface area contributed by atoms with Gasteiger partial charge in [-0.3, -0.25) is 9.89 Å². The van der Waals surface area contributed by atoms with Gasteiger partial charge in [-0.05, 0) is 23.3 Å². The minimum absolute atomic E-state index is 0. The van der Waals surface area contributed by atoms with Crippen molar-refractivity contribution in [3.8, 4) is 0 Å². The van der Waals surface area contributed by atoms with Crippen LogP contribution in [0.15, 0.2) is 59.6 Å². The average molecular weight is 508 g/mol. The summed E-state index contributed by atoms with van der Waals surface area (Å²) < 4.78 is 4.73. The normalized spacial score (nSPS) is 14.8. The Morgan fingerprint density at radius 3 is 2.24 bits per heavy atom. The zero-order valence-corrected chi connectivity index (χ0v) is 19.3. The SMILES string of the molecule is CN=C(NCc1ccc(C(=O)OC)cc1)N1CCN(Cc2ccccc2)CC1.I. The number of carbonyl (C=O) groups excluding carboxylic acids is 1. The van der Waals surface area contributed by atoms with E-state index in [1.54, 1.807) is 12.1 Å². The maximum atomic E-state index is 11.5. The maximum absolute atomic E-state index is 11.5. The van der Waals surface area contributed by atoms with Crippen LogP contribution >= 0.6 is 24.0 Å². The number of ether oxygens (including phenoxy) is 1. The van der Waals surface area contributed by atoms with Gasteiger partial charge in [-0.15, -0.1) is 24.0 Å². The Kier molecular flexibility index (Phi) is 9.40. The summed E-state index contributed by atoms with van der Waals surface area (Å²) in [4.78, 5) is 20.7. The largest absolute Gasteiger partial charge is 0.465 e. The molecule has 3 rings (SSSR count). The minimum Gasteiger partial charge on any atom is -0.465 e. The summed E-state index contributed by atoms with van der Waals surface area (Å²) in [7, 11) is 3.21. The van der Waals surface area contributed by atoms with Crippen molar-refractivity contribution >= 4 is 35.9 Å². The highest BCUT2D eigenvalue weighted by Gasteiger charge is 2.19. The van der Waals surface area contributed by atoms with Crippen LogP contribution in [0.4, 0.5) is 0 Å². The minimum atomic E-state index is -0.316. The molecule has 0 spiro atoms. The van der Waals surface area contributed by atoms with Crippen molar-refractivity contribution in [2.24, 2.45) is 4.99 Å². The first-order chi connectivity index (χ1) is 13.7. The van der Waals surface area contributed by atoms with E-state index in [9.17, 15) is 4.79 Å². The third-order valence-electron chi connectivity index (χ3n) is 4.96. The van der Waals surface area contributed by atoms with Gasteiger partial charge in [0.1, 0.15) is 0 Å². The fourth-order valence-corrected chi connectivity index (χ4v) is 3.35. The summed E-state index contributed by atoms with van der Waals surface area (Å²) >= 11 is 0. The molecular weight excluding hydrogens is 479 g/mol. The molecule has 0 bridgehead atoms. The summed E-state index contributed by atoms with van der Waals surface area (Å²) in [6.45, 7) is 5.60. The third kappa shape index (κ3) is 6.71. The molecule has 1 aliphatic rings. The van der Waals surface area contributed by atoms with Gasteiger partial charge in [-0.25, -0.2) is 4.79 Å². The highest BCUT2D eigenvalue weighted by Crippen LogP contribution is 2.09. The molecule has 7 heteroatoms. The molecule has 0 saturated carbocycles. The highest BCUT2D eigenvalue weighted by atomic mass is 127. The van der Waals surface area contributed by atoms with Crippen LogP contribution in [-0.4, -0.2) is 62.1 Å². The van der Waals surface area contributed by atoms with E-state index in [4.69, 9.17) is 4.74 Å². The van der Waals surface area contributed by atoms with Crippen molar-refractivity contribution in [2.75, 3.05) is 40.3 Å². The molecule has 29 heavy (non-hydrogen) atoms. The lowest BCUT2D eigenvalue weighted by Gasteiger charge is -2.36. The van der Waals surface area contributed by atoms with Crippen molar-refractivity contribution in [1.82, 2.24) is 15.1 Å². The molecular formula is C22H29IN4O2. The second-order valence-electron chi connectivity index (χ2n) is 6.84. The van der Waals surface area contributed by atoms with Gasteiger partial charge < -0.3 is 15.0 Å². The molecule has 0 aliphatic carbocycles. The van der Waals surface area contributed by atoms with Crippen molar-refractivity contribution in [3.63, 3.8) is 0 Å². The van der Waals surface area contributed by atoms with Crippen molar-refractivity contribution in [1.29, 1.82) is 0 Å². The van der Waals surface area contributed by atoms with Gasteiger partial charge in [0, 0.05) is 46.3 Å². The van der Waals surface area contributed by atoms with E-state index in [2.05, 4.69) is 50.4 Å². The van der Waals surface area contributed by atoms with E-state index >= 15 is 0 Å². The summed E-state index contributed by atoms with van der Waals surface area (Å²) in [5, 5.41) is 3.42. The van der Waals surface area contributed by atoms with E-state index < -0.39 is 0 Å². The van der Waals surface area contributed by atoms with Gasteiger partial charge in [-0.2, -0.15) is 0 Å². The molecule has 2 aromatic rings. The average Bonchev–Trinajstić information content (AvgIpc) is 2.76. The quantitative estimate of drug-likeness (QED) is 0.292. The Morgan fingerprint density at radius 2 is 1.66 bits per heavy atom. The molecule has 0 radical (unpaired) electrons. The van der Waals surface area contributed by atoms with Gasteiger partial charge in [0.2, 0.25) is 0 Å². The van der Waals surface area contributed by atoms with Crippen molar-refractivity contribution in [2.45, 2.75) is 13.1 Å². The maximum Gasteiger partial charge on any atom is 0.337 e. The summed E-state index contributed by atoms with van der Waals surface area (Å²) in [5.74, 6) is 0.597. The standard InChI is InChI=1S/C22H28N4O2.HI/c1-23-22(24-16-18-8-10-20(11-9-18)21(27)28-2)26-14-12-25(13-15-26)17-19-6-4-3-5-7-19;/h3-11H,12-17H2,1-2H3,(H,23,24);1H.